The molecule has 0 bridgehead atoms. The van der Waals surface area contributed by atoms with Crippen molar-refractivity contribution < 1.29 is 5.11 Å². The van der Waals surface area contributed by atoms with Crippen molar-refractivity contribution >= 4 is 5.69 Å². The molecule has 3 nitrogen and oxygen atoms in total. The molecule has 2 atom stereocenters. The molecule has 1 aromatic rings. The van der Waals surface area contributed by atoms with Crippen LogP contribution in [0, 0.1) is 13.8 Å². The van der Waals surface area contributed by atoms with Crippen molar-refractivity contribution in [3.8, 4) is 0 Å². The summed E-state index contributed by atoms with van der Waals surface area (Å²) >= 11 is 0. The Morgan fingerprint density at radius 3 is 2.61 bits per heavy atom. The molecule has 2 rings (SSSR count). The minimum atomic E-state index is 0.201. The number of benzene rings is 1. The Labute approximate surface area is 110 Å². The van der Waals surface area contributed by atoms with Crippen molar-refractivity contribution in [3.63, 3.8) is 0 Å². The van der Waals surface area contributed by atoms with Crippen LogP contribution >= 0.6 is 0 Å². The summed E-state index contributed by atoms with van der Waals surface area (Å²) < 4.78 is 0. The molecule has 2 unspecified atom stereocenters. The van der Waals surface area contributed by atoms with E-state index in [0.29, 0.717) is 6.04 Å². The van der Waals surface area contributed by atoms with Gasteiger partial charge in [0.25, 0.3) is 0 Å². The first-order chi connectivity index (χ1) is 8.52. The molecule has 0 amide bonds. The first kappa shape index (κ1) is 13.4. The van der Waals surface area contributed by atoms with Crippen LogP contribution in [0.4, 0.5) is 5.69 Å². The molecule has 1 aromatic carbocycles. The van der Waals surface area contributed by atoms with Gasteiger partial charge in [0.15, 0.2) is 0 Å². The summed E-state index contributed by atoms with van der Waals surface area (Å²) in [4.78, 5) is 4.68. The molecular formula is C15H24N2O. The van der Waals surface area contributed by atoms with Gasteiger partial charge in [0, 0.05) is 24.8 Å². The zero-order valence-electron chi connectivity index (χ0n) is 11.8. The van der Waals surface area contributed by atoms with E-state index in [0.717, 1.165) is 13.1 Å². The van der Waals surface area contributed by atoms with E-state index < -0.39 is 0 Å². The molecule has 0 radical (unpaired) electrons. The number of hydrogen-bond donors (Lipinski definition) is 1. The van der Waals surface area contributed by atoms with Gasteiger partial charge >= 0.3 is 0 Å². The van der Waals surface area contributed by atoms with E-state index in [-0.39, 0.29) is 12.6 Å². The quantitative estimate of drug-likeness (QED) is 0.864. The number of aliphatic hydroxyl groups excluding tert-OH is 1. The molecule has 100 valence electrons. The van der Waals surface area contributed by atoms with E-state index in [1.807, 2.05) is 0 Å². The van der Waals surface area contributed by atoms with Crippen molar-refractivity contribution in [1.82, 2.24) is 4.90 Å². The van der Waals surface area contributed by atoms with E-state index >= 15 is 0 Å². The van der Waals surface area contributed by atoms with Gasteiger partial charge in [-0.05, 0) is 39.4 Å². The highest BCUT2D eigenvalue weighted by Gasteiger charge is 2.29. The number of anilines is 1. The van der Waals surface area contributed by atoms with Gasteiger partial charge in [0.05, 0.1) is 12.6 Å². The average Bonchev–Trinajstić information content (AvgIpc) is 2.32. The Morgan fingerprint density at radius 1 is 1.28 bits per heavy atom. The average molecular weight is 248 g/mol. The van der Waals surface area contributed by atoms with Crippen molar-refractivity contribution in [2.75, 3.05) is 31.6 Å². The van der Waals surface area contributed by atoms with Crippen molar-refractivity contribution in [3.05, 3.63) is 29.3 Å². The largest absolute Gasteiger partial charge is 0.394 e. The predicted octanol–water partition coefficient (Wildman–Crippen LogP) is 1.80. The molecular weight excluding hydrogens is 224 g/mol. The summed E-state index contributed by atoms with van der Waals surface area (Å²) in [6, 6.07) is 7.28. The maximum atomic E-state index is 9.60. The smallest absolute Gasteiger partial charge is 0.0648 e. The second-order valence-corrected chi connectivity index (χ2v) is 5.57. The first-order valence-corrected chi connectivity index (χ1v) is 6.68. The van der Waals surface area contributed by atoms with Crippen LogP contribution in [0.2, 0.25) is 0 Å². The van der Waals surface area contributed by atoms with Crippen LogP contribution < -0.4 is 4.90 Å². The summed E-state index contributed by atoms with van der Waals surface area (Å²) in [6.45, 7) is 8.62. The van der Waals surface area contributed by atoms with E-state index in [9.17, 15) is 5.11 Å². The Morgan fingerprint density at radius 2 is 2.00 bits per heavy atom. The van der Waals surface area contributed by atoms with Gasteiger partial charge < -0.3 is 10.0 Å². The Balaban J connectivity index is 2.29. The Bertz CT molecular complexity index is 419. The zero-order valence-corrected chi connectivity index (χ0v) is 11.8. The molecule has 18 heavy (non-hydrogen) atoms. The van der Waals surface area contributed by atoms with Crippen LogP contribution in [0.25, 0.3) is 0 Å². The van der Waals surface area contributed by atoms with Crippen molar-refractivity contribution in [1.29, 1.82) is 0 Å². The molecule has 3 heteroatoms. The third-order valence-electron chi connectivity index (χ3n) is 4.03. The van der Waals surface area contributed by atoms with Crippen LogP contribution in [0.5, 0.6) is 0 Å². The molecule has 0 aromatic heterocycles. The van der Waals surface area contributed by atoms with E-state index in [1.165, 1.54) is 16.8 Å². The molecule has 1 aliphatic rings. The Kier molecular flexibility index (Phi) is 3.93. The number of aliphatic hydroxyl groups is 1. The minimum absolute atomic E-state index is 0.201. The number of hydrogen-bond acceptors (Lipinski definition) is 3. The number of aryl methyl sites for hydroxylation is 2. The topological polar surface area (TPSA) is 26.7 Å². The second kappa shape index (κ2) is 5.29. The fourth-order valence-electron chi connectivity index (χ4n) is 2.76. The lowest BCUT2D eigenvalue weighted by atomic mass is 10.0. The standard InChI is InChI=1S/C15H24N2O/c1-11-5-6-15(12(2)7-11)17-8-13(3)16(4)9-14(17)10-18/h5-7,13-14,18H,8-10H2,1-4H3. The first-order valence-electron chi connectivity index (χ1n) is 6.68. The van der Waals surface area contributed by atoms with Gasteiger partial charge in [-0.15, -0.1) is 0 Å². The van der Waals surface area contributed by atoms with Gasteiger partial charge in [-0.2, -0.15) is 0 Å². The summed E-state index contributed by atoms with van der Waals surface area (Å²) in [5.41, 5.74) is 3.85. The molecule has 1 aliphatic heterocycles. The molecule has 1 fully saturated rings. The molecule has 1 heterocycles. The van der Waals surface area contributed by atoms with Crippen molar-refractivity contribution in [2.24, 2.45) is 0 Å². The van der Waals surface area contributed by atoms with Gasteiger partial charge in [0.2, 0.25) is 0 Å². The van der Waals surface area contributed by atoms with Gasteiger partial charge in [-0.25, -0.2) is 0 Å². The highest BCUT2D eigenvalue weighted by atomic mass is 16.3. The molecule has 0 saturated carbocycles. The van der Waals surface area contributed by atoms with Gasteiger partial charge in [0.1, 0.15) is 0 Å². The Hall–Kier alpha value is -1.06. The van der Waals surface area contributed by atoms with Gasteiger partial charge in [-0.1, -0.05) is 17.7 Å². The maximum Gasteiger partial charge on any atom is 0.0648 e. The molecule has 1 N–H and O–H groups in total. The number of nitrogens with zero attached hydrogens (tertiary/aromatic N) is 2. The maximum absolute atomic E-state index is 9.60. The SMILES string of the molecule is Cc1ccc(N2CC(C)N(C)CC2CO)c(C)c1. The van der Waals surface area contributed by atoms with Gasteiger partial charge in [-0.3, -0.25) is 4.90 Å². The highest BCUT2D eigenvalue weighted by Crippen LogP contribution is 2.26. The monoisotopic (exact) mass is 248 g/mol. The summed E-state index contributed by atoms with van der Waals surface area (Å²) in [5.74, 6) is 0. The molecule has 0 aliphatic carbocycles. The van der Waals surface area contributed by atoms with Crippen LogP contribution in [0.15, 0.2) is 18.2 Å². The zero-order chi connectivity index (χ0) is 13.3. The molecule has 1 saturated heterocycles. The van der Waals surface area contributed by atoms with E-state index in [1.54, 1.807) is 0 Å². The normalized spacial score (nSPS) is 25.5. The minimum Gasteiger partial charge on any atom is -0.394 e. The third-order valence-corrected chi connectivity index (χ3v) is 4.03. The van der Waals surface area contributed by atoms with E-state index in [4.69, 9.17) is 0 Å². The predicted molar refractivity (Wildman–Crippen MR) is 76.2 cm³/mol. The summed E-state index contributed by atoms with van der Waals surface area (Å²) in [5, 5.41) is 9.60. The van der Waals surface area contributed by atoms with Crippen LogP contribution in [-0.4, -0.2) is 48.8 Å². The van der Waals surface area contributed by atoms with Crippen LogP contribution in [0.3, 0.4) is 0 Å². The second-order valence-electron chi connectivity index (χ2n) is 5.57. The van der Waals surface area contributed by atoms with Crippen molar-refractivity contribution in [2.45, 2.75) is 32.9 Å². The fraction of sp³-hybridized carbons (Fsp3) is 0.600. The lowest BCUT2D eigenvalue weighted by Crippen LogP contribution is -2.57. The molecule has 0 spiro atoms. The highest BCUT2D eigenvalue weighted by molar-refractivity contribution is 5.55. The number of likely N-dealkylation sites (N-methyl/N-ethyl adjacent to an activating group) is 1. The number of rotatable bonds is 2. The van der Waals surface area contributed by atoms with E-state index in [2.05, 4.69) is 55.8 Å². The van der Waals surface area contributed by atoms with Crippen LogP contribution in [0.1, 0.15) is 18.1 Å². The summed E-state index contributed by atoms with van der Waals surface area (Å²) in [6.07, 6.45) is 0. The summed E-state index contributed by atoms with van der Waals surface area (Å²) in [7, 11) is 2.13. The fourth-order valence-corrected chi connectivity index (χ4v) is 2.76. The van der Waals surface area contributed by atoms with Crippen LogP contribution in [-0.2, 0) is 0 Å². The lowest BCUT2D eigenvalue weighted by Gasteiger charge is -2.45. The lowest BCUT2D eigenvalue weighted by molar-refractivity contribution is 0.155. The third kappa shape index (κ3) is 2.52. The number of piperazine rings is 1.